The largest absolute Gasteiger partial charge is 0.497 e. The Kier molecular flexibility index (Phi) is 7.01. The van der Waals surface area contributed by atoms with Crippen LogP contribution in [0.1, 0.15) is 42.7 Å². The summed E-state index contributed by atoms with van der Waals surface area (Å²) in [4.78, 5) is 27.6. The lowest BCUT2D eigenvalue weighted by atomic mass is 9.71. The van der Waals surface area contributed by atoms with Gasteiger partial charge in [0.05, 0.1) is 20.1 Å². The van der Waals surface area contributed by atoms with Crippen molar-refractivity contribution in [3.63, 3.8) is 0 Å². The molecule has 0 bridgehead atoms. The SMILES string of the molecule is COc1ccc([C@@H]2C(C(=O)Nc3ccc(F)cc3)=C(C)NC3=C2C(=O)C[C@@H](c2ccccc2)C3)c(OC)c1. The standard InChI is InChI=1S/C31H29FN2O4/c1-18-28(31(36)34-22-11-9-21(32)10-12-22)29(24-14-13-23(37-2)17-27(24)38-3)30-25(33-18)15-20(16-26(30)35)19-7-5-4-6-8-19/h4-14,17,20,29,33H,15-16H2,1-3H3,(H,34,36)/t20-,29+/m0/s1. The zero-order valence-corrected chi connectivity index (χ0v) is 21.5. The van der Waals surface area contributed by atoms with Gasteiger partial charge in [-0.15, -0.1) is 0 Å². The Hall–Kier alpha value is -4.39. The number of nitrogens with one attached hydrogen (secondary N) is 2. The van der Waals surface area contributed by atoms with Crippen molar-refractivity contribution in [2.24, 2.45) is 0 Å². The van der Waals surface area contributed by atoms with E-state index >= 15 is 0 Å². The van der Waals surface area contributed by atoms with E-state index in [0.29, 0.717) is 52.4 Å². The topological polar surface area (TPSA) is 76.7 Å². The Morgan fingerprint density at radius 3 is 2.39 bits per heavy atom. The Morgan fingerprint density at radius 2 is 1.71 bits per heavy atom. The van der Waals surface area contributed by atoms with Crippen molar-refractivity contribution in [2.45, 2.75) is 31.6 Å². The summed E-state index contributed by atoms with van der Waals surface area (Å²) in [5.41, 5.74) is 4.68. The lowest BCUT2D eigenvalue weighted by molar-refractivity contribution is -0.116. The van der Waals surface area contributed by atoms with Crippen LogP contribution < -0.4 is 20.1 Å². The van der Waals surface area contributed by atoms with Gasteiger partial charge in [-0.3, -0.25) is 9.59 Å². The third-order valence-corrected chi connectivity index (χ3v) is 7.20. The van der Waals surface area contributed by atoms with Gasteiger partial charge in [-0.25, -0.2) is 4.39 Å². The molecule has 3 aromatic carbocycles. The second-order valence-electron chi connectivity index (χ2n) is 9.50. The number of hydrogen-bond donors (Lipinski definition) is 2. The maximum Gasteiger partial charge on any atom is 0.254 e. The predicted molar refractivity (Wildman–Crippen MR) is 144 cm³/mol. The maximum absolute atomic E-state index is 13.8. The summed E-state index contributed by atoms with van der Waals surface area (Å²) >= 11 is 0. The molecule has 0 radical (unpaired) electrons. The molecule has 0 unspecified atom stereocenters. The minimum absolute atomic E-state index is 0.0185. The third kappa shape index (κ3) is 4.79. The molecule has 0 spiro atoms. The highest BCUT2D eigenvalue weighted by molar-refractivity contribution is 6.10. The molecule has 2 N–H and O–H groups in total. The molecule has 1 aliphatic heterocycles. The van der Waals surface area contributed by atoms with Crippen LogP contribution >= 0.6 is 0 Å². The monoisotopic (exact) mass is 512 g/mol. The maximum atomic E-state index is 13.8. The Balaban J connectivity index is 1.61. The number of hydrogen-bond acceptors (Lipinski definition) is 5. The van der Waals surface area contributed by atoms with E-state index < -0.39 is 11.7 Å². The molecule has 1 amide bonds. The van der Waals surface area contributed by atoms with E-state index in [2.05, 4.69) is 10.6 Å². The van der Waals surface area contributed by atoms with Crippen molar-refractivity contribution in [3.05, 3.63) is 112 Å². The minimum Gasteiger partial charge on any atom is -0.497 e. The molecule has 38 heavy (non-hydrogen) atoms. The van der Waals surface area contributed by atoms with Crippen LogP contribution in [0.5, 0.6) is 11.5 Å². The van der Waals surface area contributed by atoms with Crippen molar-refractivity contribution < 1.29 is 23.5 Å². The fourth-order valence-corrected chi connectivity index (χ4v) is 5.40. The summed E-state index contributed by atoms with van der Waals surface area (Å²) in [6, 6.07) is 21.0. The molecular formula is C31H29FN2O4. The molecule has 1 aliphatic carbocycles. The van der Waals surface area contributed by atoms with Gasteiger partial charge in [0.2, 0.25) is 0 Å². The number of carbonyl (C=O) groups is 2. The van der Waals surface area contributed by atoms with Gasteiger partial charge in [0, 0.05) is 46.3 Å². The number of dihydropyridines is 1. The summed E-state index contributed by atoms with van der Waals surface area (Å²) in [7, 11) is 3.12. The molecule has 0 fully saturated rings. The van der Waals surface area contributed by atoms with Crippen LogP contribution in [-0.2, 0) is 9.59 Å². The van der Waals surface area contributed by atoms with Crippen LogP contribution in [0.2, 0.25) is 0 Å². The van der Waals surface area contributed by atoms with E-state index in [1.54, 1.807) is 26.4 Å². The molecule has 7 heteroatoms. The summed E-state index contributed by atoms with van der Waals surface area (Å²) < 4.78 is 24.5. The first-order valence-electron chi connectivity index (χ1n) is 12.5. The molecule has 0 saturated carbocycles. The summed E-state index contributed by atoms with van der Waals surface area (Å²) in [6.07, 6.45) is 0.982. The number of anilines is 1. The quantitative estimate of drug-likeness (QED) is 0.434. The van der Waals surface area contributed by atoms with E-state index in [1.807, 2.05) is 43.3 Å². The number of carbonyl (C=O) groups excluding carboxylic acids is 2. The van der Waals surface area contributed by atoms with Crippen LogP contribution in [0.3, 0.4) is 0 Å². The molecule has 0 aromatic heterocycles. The molecule has 5 rings (SSSR count). The molecule has 3 aromatic rings. The molecular weight excluding hydrogens is 483 g/mol. The summed E-state index contributed by atoms with van der Waals surface area (Å²) in [5.74, 6) is -0.294. The van der Waals surface area contributed by atoms with E-state index in [1.165, 1.54) is 24.3 Å². The first-order valence-corrected chi connectivity index (χ1v) is 12.5. The summed E-state index contributed by atoms with van der Waals surface area (Å²) in [5, 5.41) is 6.26. The number of amides is 1. The Morgan fingerprint density at radius 1 is 0.974 bits per heavy atom. The highest BCUT2D eigenvalue weighted by Gasteiger charge is 2.42. The second-order valence-corrected chi connectivity index (χ2v) is 9.50. The van der Waals surface area contributed by atoms with Crippen LogP contribution in [0.25, 0.3) is 0 Å². The number of ketones is 1. The number of rotatable bonds is 6. The van der Waals surface area contributed by atoms with E-state index in [9.17, 15) is 14.0 Å². The fraction of sp³-hybridized carbons (Fsp3) is 0.226. The van der Waals surface area contributed by atoms with Crippen molar-refractivity contribution in [3.8, 4) is 11.5 Å². The van der Waals surface area contributed by atoms with E-state index in [0.717, 1.165) is 11.3 Å². The zero-order valence-electron chi connectivity index (χ0n) is 21.5. The van der Waals surface area contributed by atoms with Gasteiger partial charge in [0.25, 0.3) is 5.91 Å². The number of benzene rings is 3. The number of allylic oxidation sites excluding steroid dienone is 3. The van der Waals surface area contributed by atoms with Gasteiger partial charge >= 0.3 is 0 Å². The second kappa shape index (κ2) is 10.5. The van der Waals surface area contributed by atoms with Crippen LogP contribution in [-0.4, -0.2) is 25.9 Å². The molecule has 0 saturated heterocycles. The van der Waals surface area contributed by atoms with Crippen LogP contribution in [0, 0.1) is 5.82 Å². The average Bonchev–Trinajstić information content (AvgIpc) is 2.93. The van der Waals surface area contributed by atoms with Gasteiger partial charge in [-0.2, -0.15) is 0 Å². The highest BCUT2D eigenvalue weighted by Crippen LogP contribution is 2.48. The van der Waals surface area contributed by atoms with Gasteiger partial charge in [0.1, 0.15) is 17.3 Å². The van der Waals surface area contributed by atoms with Crippen molar-refractivity contribution in [2.75, 3.05) is 19.5 Å². The molecule has 194 valence electrons. The molecule has 6 nitrogen and oxygen atoms in total. The molecule has 1 heterocycles. The number of ether oxygens (including phenoxy) is 2. The van der Waals surface area contributed by atoms with Crippen LogP contribution in [0.15, 0.2) is 95.3 Å². The lowest BCUT2D eigenvalue weighted by Crippen LogP contribution is -2.37. The van der Waals surface area contributed by atoms with Crippen molar-refractivity contribution >= 4 is 17.4 Å². The number of Topliss-reactive ketones (excluding diaryl/α,β-unsaturated/α-hetero) is 1. The Bertz CT molecular complexity index is 1440. The summed E-state index contributed by atoms with van der Waals surface area (Å²) in [6.45, 7) is 1.84. The van der Waals surface area contributed by atoms with Crippen molar-refractivity contribution in [1.82, 2.24) is 5.32 Å². The number of halogens is 1. The average molecular weight is 513 g/mol. The number of methoxy groups -OCH3 is 2. The Labute approximate surface area is 221 Å². The normalized spacial score (nSPS) is 19.0. The minimum atomic E-state index is -0.656. The van der Waals surface area contributed by atoms with E-state index in [4.69, 9.17) is 9.47 Å². The fourth-order valence-electron chi connectivity index (χ4n) is 5.40. The predicted octanol–water partition coefficient (Wildman–Crippen LogP) is 5.84. The first kappa shape index (κ1) is 25.3. The van der Waals surface area contributed by atoms with Gasteiger partial charge in [-0.1, -0.05) is 36.4 Å². The third-order valence-electron chi connectivity index (χ3n) is 7.20. The zero-order chi connectivity index (χ0) is 26.8. The molecule has 2 aliphatic rings. The van der Waals surface area contributed by atoms with Gasteiger partial charge in [0.15, 0.2) is 5.78 Å². The van der Waals surface area contributed by atoms with Gasteiger partial charge < -0.3 is 20.1 Å². The first-order chi connectivity index (χ1) is 18.4. The lowest BCUT2D eigenvalue weighted by Gasteiger charge is -2.37. The highest BCUT2D eigenvalue weighted by atomic mass is 19.1. The van der Waals surface area contributed by atoms with Gasteiger partial charge in [-0.05, 0) is 55.2 Å². The smallest absolute Gasteiger partial charge is 0.254 e. The van der Waals surface area contributed by atoms with Crippen LogP contribution in [0.4, 0.5) is 10.1 Å². The molecule has 2 atom stereocenters. The van der Waals surface area contributed by atoms with Crippen molar-refractivity contribution in [1.29, 1.82) is 0 Å². The van der Waals surface area contributed by atoms with E-state index in [-0.39, 0.29) is 17.6 Å².